The van der Waals surface area contributed by atoms with Crippen LogP contribution in [0.5, 0.6) is 11.6 Å². The summed E-state index contributed by atoms with van der Waals surface area (Å²) in [6.45, 7) is 3.63. The molecule has 0 fully saturated rings. The Labute approximate surface area is 116 Å². The van der Waals surface area contributed by atoms with Gasteiger partial charge in [0.1, 0.15) is 16.6 Å². The van der Waals surface area contributed by atoms with Crippen LogP contribution in [0.1, 0.15) is 16.7 Å². The van der Waals surface area contributed by atoms with Gasteiger partial charge in [-0.05, 0) is 49.2 Å². The van der Waals surface area contributed by atoms with Gasteiger partial charge >= 0.3 is 0 Å². The van der Waals surface area contributed by atoms with Crippen molar-refractivity contribution in [1.82, 2.24) is 4.98 Å². The van der Waals surface area contributed by atoms with Gasteiger partial charge in [-0.3, -0.25) is 0 Å². The van der Waals surface area contributed by atoms with Gasteiger partial charge in [-0.2, -0.15) is 0 Å². The van der Waals surface area contributed by atoms with Crippen molar-refractivity contribution in [2.24, 2.45) is 5.73 Å². The lowest BCUT2D eigenvalue weighted by molar-refractivity contribution is 0.456. The van der Waals surface area contributed by atoms with E-state index >= 15 is 0 Å². The molecule has 0 bridgehead atoms. The summed E-state index contributed by atoms with van der Waals surface area (Å²) in [5.74, 6) is 0.552. The molecule has 98 valence electrons. The summed E-state index contributed by atoms with van der Waals surface area (Å²) < 4.78 is 18.7. The summed E-state index contributed by atoms with van der Waals surface area (Å²) >= 11 is 5.00. The largest absolute Gasteiger partial charge is 0.438 e. The molecule has 0 atom stereocenters. The van der Waals surface area contributed by atoms with Crippen LogP contribution in [-0.2, 0) is 0 Å². The third kappa shape index (κ3) is 2.88. The topological polar surface area (TPSA) is 48.1 Å². The monoisotopic (exact) mass is 276 g/mol. The van der Waals surface area contributed by atoms with Crippen LogP contribution < -0.4 is 10.5 Å². The van der Waals surface area contributed by atoms with Crippen molar-refractivity contribution in [3.05, 3.63) is 53.0 Å². The zero-order valence-electron chi connectivity index (χ0n) is 10.6. The quantitative estimate of drug-likeness (QED) is 0.874. The number of aryl methyl sites for hydroxylation is 2. The van der Waals surface area contributed by atoms with Gasteiger partial charge in [0.25, 0.3) is 0 Å². The summed E-state index contributed by atoms with van der Waals surface area (Å²) in [4.78, 5) is 4.36. The predicted molar refractivity (Wildman–Crippen MR) is 76.1 cm³/mol. The first-order valence-electron chi connectivity index (χ1n) is 5.68. The highest BCUT2D eigenvalue weighted by atomic mass is 32.1. The van der Waals surface area contributed by atoms with Crippen LogP contribution in [0.2, 0.25) is 0 Å². The zero-order chi connectivity index (χ0) is 14.0. The third-order valence-corrected chi connectivity index (χ3v) is 2.92. The Balaban J connectivity index is 2.44. The van der Waals surface area contributed by atoms with Gasteiger partial charge in [0.2, 0.25) is 5.88 Å². The van der Waals surface area contributed by atoms with Gasteiger partial charge in [0.15, 0.2) is 0 Å². The fraction of sp³-hybridized carbons (Fsp3) is 0.143. The number of rotatable bonds is 3. The molecule has 2 rings (SSSR count). The molecule has 0 spiro atoms. The van der Waals surface area contributed by atoms with E-state index in [9.17, 15) is 4.39 Å². The number of aromatic nitrogens is 1. The summed E-state index contributed by atoms with van der Waals surface area (Å²) in [5.41, 5.74) is 7.85. The van der Waals surface area contributed by atoms with Crippen LogP contribution in [0.25, 0.3) is 0 Å². The van der Waals surface area contributed by atoms with Crippen molar-refractivity contribution in [2.45, 2.75) is 13.8 Å². The Hall–Kier alpha value is -2.01. The Bertz CT molecular complexity index is 643. The first-order valence-corrected chi connectivity index (χ1v) is 6.09. The molecule has 1 aromatic carbocycles. The molecule has 3 nitrogen and oxygen atoms in total. The molecule has 2 N–H and O–H groups in total. The van der Waals surface area contributed by atoms with E-state index in [1.54, 1.807) is 25.3 Å². The van der Waals surface area contributed by atoms with E-state index < -0.39 is 0 Å². The second kappa shape index (κ2) is 5.32. The van der Waals surface area contributed by atoms with E-state index in [-0.39, 0.29) is 10.8 Å². The number of hydrogen-bond donors (Lipinski definition) is 1. The SMILES string of the molecule is Cc1cc(F)ccc1Oc1nccc(C)c1C(N)=S. The van der Waals surface area contributed by atoms with Gasteiger partial charge in [-0.15, -0.1) is 0 Å². The molecule has 0 aliphatic heterocycles. The highest BCUT2D eigenvalue weighted by Gasteiger charge is 2.13. The second-order valence-corrected chi connectivity index (χ2v) is 4.62. The molecule has 0 saturated carbocycles. The van der Waals surface area contributed by atoms with Crippen molar-refractivity contribution in [1.29, 1.82) is 0 Å². The first kappa shape index (κ1) is 13.4. The molecule has 0 aliphatic carbocycles. The molecule has 5 heteroatoms. The van der Waals surface area contributed by atoms with E-state index in [4.69, 9.17) is 22.7 Å². The van der Waals surface area contributed by atoms with Crippen molar-refractivity contribution in [3.63, 3.8) is 0 Å². The molecule has 0 saturated heterocycles. The molecule has 0 radical (unpaired) electrons. The zero-order valence-corrected chi connectivity index (χ0v) is 11.4. The van der Waals surface area contributed by atoms with Gasteiger partial charge in [0.05, 0.1) is 5.56 Å². The number of benzene rings is 1. The fourth-order valence-electron chi connectivity index (χ4n) is 1.74. The lowest BCUT2D eigenvalue weighted by Gasteiger charge is -2.12. The lowest BCUT2D eigenvalue weighted by Crippen LogP contribution is -2.13. The molecule has 2 aromatic rings. The number of halogens is 1. The van der Waals surface area contributed by atoms with Crippen LogP contribution in [0.15, 0.2) is 30.5 Å². The van der Waals surface area contributed by atoms with Crippen LogP contribution >= 0.6 is 12.2 Å². The fourth-order valence-corrected chi connectivity index (χ4v) is 1.99. The van der Waals surface area contributed by atoms with Crippen molar-refractivity contribution in [2.75, 3.05) is 0 Å². The average Bonchev–Trinajstić information content (AvgIpc) is 2.32. The van der Waals surface area contributed by atoms with Gasteiger partial charge < -0.3 is 10.5 Å². The highest BCUT2D eigenvalue weighted by molar-refractivity contribution is 7.80. The normalized spacial score (nSPS) is 10.3. The minimum Gasteiger partial charge on any atom is -0.438 e. The smallest absolute Gasteiger partial charge is 0.229 e. The third-order valence-electron chi connectivity index (χ3n) is 2.71. The Kier molecular flexibility index (Phi) is 3.76. The van der Waals surface area contributed by atoms with E-state index in [1.807, 2.05) is 6.92 Å². The molecular weight excluding hydrogens is 263 g/mol. The number of ether oxygens (including phenoxy) is 1. The summed E-state index contributed by atoms with van der Waals surface area (Å²) in [7, 11) is 0. The van der Waals surface area contributed by atoms with E-state index in [0.29, 0.717) is 22.8 Å². The summed E-state index contributed by atoms with van der Waals surface area (Å²) in [6, 6.07) is 6.08. The summed E-state index contributed by atoms with van der Waals surface area (Å²) in [5, 5.41) is 0. The molecule has 1 heterocycles. The minimum atomic E-state index is -0.309. The number of nitrogens with two attached hydrogens (primary N) is 1. The molecule has 0 unspecified atom stereocenters. The Morgan fingerprint density at radius 3 is 2.63 bits per heavy atom. The Morgan fingerprint density at radius 1 is 1.26 bits per heavy atom. The number of hydrogen-bond acceptors (Lipinski definition) is 3. The number of thiocarbonyl (C=S) groups is 1. The number of pyridine rings is 1. The number of nitrogens with zero attached hydrogens (tertiary/aromatic N) is 1. The minimum absolute atomic E-state index is 0.223. The maximum Gasteiger partial charge on any atom is 0.229 e. The first-order chi connectivity index (χ1) is 8.99. The molecule has 0 aliphatic rings. The van der Waals surface area contributed by atoms with Gasteiger partial charge in [0, 0.05) is 6.20 Å². The van der Waals surface area contributed by atoms with Crippen LogP contribution in [-0.4, -0.2) is 9.97 Å². The van der Waals surface area contributed by atoms with E-state index in [1.165, 1.54) is 12.1 Å². The second-order valence-electron chi connectivity index (χ2n) is 4.18. The predicted octanol–water partition coefficient (Wildman–Crippen LogP) is 3.26. The van der Waals surface area contributed by atoms with Crippen molar-refractivity contribution in [3.8, 4) is 11.6 Å². The lowest BCUT2D eigenvalue weighted by atomic mass is 10.1. The van der Waals surface area contributed by atoms with Crippen molar-refractivity contribution < 1.29 is 9.13 Å². The van der Waals surface area contributed by atoms with Crippen LogP contribution in [0.3, 0.4) is 0 Å². The highest BCUT2D eigenvalue weighted by Crippen LogP contribution is 2.28. The summed E-state index contributed by atoms with van der Waals surface area (Å²) in [6.07, 6.45) is 1.62. The molecule has 0 amide bonds. The molecule has 19 heavy (non-hydrogen) atoms. The van der Waals surface area contributed by atoms with Crippen molar-refractivity contribution >= 4 is 17.2 Å². The van der Waals surface area contributed by atoms with E-state index in [2.05, 4.69) is 4.98 Å². The molecule has 1 aromatic heterocycles. The average molecular weight is 276 g/mol. The van der Waals surface area contributed by atoms with E-state index in [0.717, 1.165) is 5.56 Å². The maximum atomic E-state index is 13.0. The Morgan fingerprint density at radius 2 is 2.00 bits per heavy atom. The standard InChI is InChI=1S/C14H13FN2OS/c1-8-5-6-17-14(12(8)13(16)19)18-11-4-3-10(15)7-9(11)2/h3-7H,1-2H3,(H2,16,19). The van der Waals surface area contributed by atoms with Crippen LogP contribution in [0, 0.1) is 19.7 Å². The van der Waals surface area contributed by atoms with Gasteiger partial charge in [-0.25, -0.2) is 9.37 Å². The van der Waals surface area contributed by atoms with Crippen LogP contribution in [0.4, 0.5) is 4.39 Å². The maximum absolute atomic E-state index is 13.0. The van der Waals surface area contributed by atoms with Gasteiger partial charge in [-0.1, -0.05) is 12.2 Å². The molecular formula is C14H13FN2OS.